The van der Waals surface area contributed by atoms with E-state index < -0.39 is 0 Å². The number of nitrogens with zero attached hydrogens (tertiary/aromatic N) is 2. The molecule has 0 saturated heterocycles. The molecule has 2 rings (SSSR count). The van der Waals surface area contributed by atoms with Gasteiger partial charge in [0.25, 0.3) is 0 Å². The molecule has 0 atom stereocenters. The van der Waals surface area contributed by atoms with Gasteiger partial charge in [0.15, 0.2) is 0 Å². The fourth-order valence-electron chi connectivity index (χ4n) is 1.95. The van der Waals surface area contributed by atoms with Crippen molar-refractivity contribution in [3.05, 3.63) is 47.6 Å². The van der Waals surface area contributed by atoms with Crippen molar-refractivity contribution in [2.75, 3.05) is 36.1 Å². The van der Waals surface area contributed by atoms with Crippen molar-refractivity contribution in [2.24, 2.45) is 0 Å². The fourth-order valence-corrected chi connectivity index (χ4v) is 2.17. The maximum Gasteiger partial charge on any atom is 0.133 e. The maximum atomic E-state index is 5.85. The van der Waals surface area contributed by atoms with Gasteiger partial charge in [0, 0.05) is 37.6 Å². The number of halogens is 1. The summed E-state index contributed by atoms with van der Waals surface area (Å²) in [4.78, 5) is 6.39. The standard InChI is InChI=1S/C15H19ClN4/c1-20(13-6-3-2-4-7-13)9-5-8-18-15-11-12(17)10-14(16)19-15/h2-4,6-7,10-11H,5,8-9H2,1H3,(H3,17,18,19). The fraction of sp³-hybridized carbons (Fsp3) is 0.267. The molecule has 0 unspecified atom stereocenters. The number of pyridine rings is 1. The van der Waals surface area contributed by atoms with Crippen molar-refractivity contribution in [2.45, 2.75) is 6.42 Å². The Morgan fingerprint density at radius 1 is 1.25 bits per heavy atom. The first-order valence-electron chi connectivity index (χ1n) is 6.58. The molecule has 0 spiro atoms. The van der Waals surface area contributed by atoms with Crippen LogP contribution in [-0.2, 0) is 0 Å². The molecule has 0 bridgehead atoms. The molecule has 20 heavy (non-hydrogen) atoms. The first-order chi connectivity index (χ1) is 9.65. The van der Waals surface area contributed by atoms with Gasteiger partial charge in [-0.05, 0) is 24.6 Å². The van der Waals surface area contributed by atoms with Crippen LogP contribution in [0.25, 0.3) is 0 Å². The van der Waals surface area contributed by atoms with Crippen LogP contribution in [0.1, 0.15) is 6.42 Å². The molecule has 0 amide bonds. The largest absolute Gasteiger partial charge is 0.399 e. The Bertz CT molecular complexity index is 525. The lowest BCUT2D eigenvalue weighted by Crippen LogP contribution is -2.20. The van der Waals surface area contributed by atoms with Gasteiger partial charge in [0.05, 0.1) is 0 Å². The van der Waals surface area contributed by atoms with Crippen molar-refractivity contribution in [3.8, 4) is 0 Å². The predicted molar refractivity (Wildman–Crippen MR) is 86.5 cm³/mol. The topological polar surface area (TPSA) is 54.2 Å². The number of nitrogen functional groups attached to an aromatic ring is 1. The normalized spacial score (nSPS) is 10.3. The highest BCUT2D eigenvalue weighted by atomic mass is 35.5. The van der Waals surface area contributed by atoms with Crippen LogP contribution in [0, 0.1) is 0 Å². The molecule has 5 heteroatoms. The number of hydrogen-bond acceptors (Lipinski definition) is 4. The number of aromatic nitrogens is 1. The highest BCUT2D eigenvalue weighted by Gasteiger charge is 2.01. The third-order valence-electron chi connectivity index (χ3n) is 2.99. The SMILES string of the molecule is CN(CCCNc1cc(N)cc(Cl)n1)c1ccccc1. The van der Waals surface area contributed by atoms with E-state index in [1.54, 1.807) is 12.1 Å². The third kappa shape index (κ3) is 4.31. The molecule has 3 N–H and O–H groups in total. The molecule has 0 aliphatic carbocycles. The summed E-state index contributed by atoms with van der Waals surface area (Å²) in [5.74, 6) is 0.720. The second-order valence-corrected chi connectivity index (χ2v) is 5.03. The molecule has 0 aliphatic heterocycles. The minimum atomic E-state index is 0.411. The van der Waals surface area contributed by atoms with Crippen molar-refractivity contribution < 1.29 is 0 Å². The highest BCUT2D eigenvalue weighted by molar-refractivity contribution is 6.29. The summed E-state index contributed by atoms with van der Waals surface area (Å²) in [6.45, 7) is 1.79. The van der Waals surface area contributed by atoms with Crippen molar-refractivity contribution in [1.29, 1.82) is 0 Å². The summed E-state index contributed by atoms with van der Waals surface area (Å²) in [6.07, 6.45) is 0.999. The van der Waals surface area contributed by atoms with Gasteiger partial charge in [0.1, 0.15) is 11.0 Å². The molecule has 0 aliphatic rings. The Hall–Kier alpha value is -1.94. The number of nitrogens with one attached hydrogen (secondary N) is 1. The van der Waals surface area contributed by atoms with Gasteiger partial charge in [-0.2, -0.15) is 0 Å². The minimum Gasteiger partial charge on any atom is -0.399 e. The summed E-state index contributed by atoms with van der Waals surface area (Å²) >= 11 is 5.85. The van der Waals surface area contributed by atoms with Crippen LogP contribution in [0.15, 0.2) is 42.5 Å². The molecule has 0 fully saturated rings. The van der Waals surface area contributed by atoms with E-state index in [-0.39, 0.29) is 0 Å². The number of hydrogen-bond donors (Lipinski definition) is 2. The first-order valence-corrected chi connectivity index (χ1v) is 6.96. The zero-order chi connectivity index (χ0) is 14.4. The van der Waals surface area contributed by atoms with E-state index in [4.69, 9.17) is 17.3 Å². The summed E-state index contributed by atoms with van der Waals surface area (Å²) in [5, 5.41) is 3.64. The number of rotatable bonds is 6. The van der Waals surface area contributed by atoms with Crippen LogP contribution in [0.4, 0.5) is 17.2 Å². The molecular weight excluding hydrogens is 272 g/mol. The zero-order valence-corrected chi connectivity index (χ0v) is 12.3. The van der Waals surface area contributed by atoms with E-state index in [0.717, 1.165) is 25.3 Å². The number of nitrogens with two attached hydrogens (primary N) is 1. The van der Waals surface area contributed by atoms with Gasteiger partial charge in [-0.3, -0.25) is 0 Å². The third-order valence-corrected chi connectivity index (χ3v) is 3.18. The molecule has 1 heterocycles. The second-order valence-electron chi connectivity index (χ2n) is 4.65. The molecule has 0 radical (unpaired) electrons. The van der Waals surface area contributed by atoms with Crippen LogP contribution in [0.3, 0.4) is 0 Å². The summed E-state index contributed by atoms with van der Waals surface area (Å²) in [5.41, 5.74) is 7.55. The van der Waals surface area contributed by atoms with Gasteiger partial charge in [-0.25, -0.2) is 4.98 Å². The van der Waals surface area contributed by atoms with Crippen molar-refractivity contribution in [1.82, 2.24) is 4.98 Å². The Balaban J connectivity index is 1.76. The predicted octanol–water partition coefficient (Wildman–Crippen LogP) is 3.26. The summed E-state index contributed by atoms with van der Waals surface area (Å²) in [7, 11) is 2.09. The van der Waals surface area contributed by atoms with Crippen LogP contribution in [0.5, 0.6) is 0 Å². The minimum absolute atomic E-state index is 0.411. The Kier molecular flexibility index (Phi) is 5.07. The van der Waals surface area contributed by atoms with Crippen molar-refractivity contribution in [3.63, 3.8) is 0 Å². The summed E-state index contributed by atoms with van der Waals surface area (Å²) in [6, 6.07) is 13.7. The lowest BCUT2D eigenvalue weighted by atomic mass is 10.3. The quantitative estimate of drug-likeness (QED) is 0.633. The Labute approximate surface area is 124 Å². The Morgan fingerprint density at radius 3 is 2.70 bits per heavy atom. The van der Waals surface area contributed by atoms with Crippen LogP contribution in [-0.4, -0.2) is 25.1 Å². The van der Waals surface area contributed by atoms with E-state index in [2.05, 4.69) is 34.4 Å². The maximum absolute atomic E-state index is 5.85. The van der Waals surface area contributed by atoms with E-state index in [1.165, 1.54) is 5.69 Å². The zero-order valence-electron chi connectivity index (χ0n) is 11.5. The van der Waals surface area contributed by atoms with Crippen LogP contribution < -0.4 is 16.0 Å². The molecule has 1 aromatic heterocycles. The monoisotopic (exact) mass is 290 g/mol. The van der Waals surface area contributed by atoms with E-state index in [0.29, 0.717) is 10.8 Å². The molecule has 106 valence electrons. The average molecular weight is 291 g/mol. The highest BCUT2D eigenvalue weighted by Crippen LogP contribution is 2.16. The smallest absolute Gasteiger partial charge is 0.133 e. The van der Waals surface area contributed by atoms with E-state index in [9.17, 15) is 0 Å². The van der Waals surface area contributed by atoms with Gasteiger partial charge < -0.3 is 16.0 Å². The second kappa shape index (κ2) is 7.01. The summed E-state index contributed by atoms with van der Waals surface area (Å²) < 4.78 is 0. The number of anilines is 3. The van der Waals surface area contributed by atoms with Gasteiger partial charge in [-0.1, -0.05) is 29.8 Å². The van der Waals surface area contributed by atoms with Crippen LogP contribution in [0.2, 0.25) is 5.15 Å². The average Bonchev–Trinajstić information content (AvgIpc) is 2.43. The van der Waals surface area contributed by atoms with E-state index in [1.807, 2.05) is 18.2 Å². The van der Waals surface area contributed by atoms with Gasteiger partial charge in [0.2, 0.25) is 0 Å². The molecule has 4 nitrogen and oxygen atoms in total. The first kappa shape index (κ1) is 14.5. The molecule has 1 aromatic carbocycles. The van der Waals surface area contributed by atoms with Gasteiger partial charge in [-0.15, -0.1) is 0 Å². The Morgan fingerprint density at radius 2 is 2.00 bits per heavy atom. The molecular formula is C15H19ClN4. The van der Waals surface area contributed by atoms with Crippen LogP contribution >= 0.6 is 11.6 Å². The number of para-hydroxylation sites is 1. The van der Waals surface area contributed by atoms with Gasteiger partial charge >= 0.3 is 0 Å². The van der Waals surface area contributed by atoms with Crippen molar-refractivity contribution >= 4 is 28.8 Å². The molecule has 2 aromatic rings. The lowest BCUT2D eigenvalue weighted by molar-refractivity contribution is 0.814. The lowest BCUT2D eigenvalue weighted by Gasteiger charge is -2.19. The number of benzene rings is 1. The molecule has 0 saturated carbocycles. The van der Waals surface area contributed by atoms with E-state index >= 15 is 0 Å².